The van der Waals surface area contributed by atoms with Gasteiger partial charge in [0.2, 0.25) is 0 Å². The number of anilines is 1. The monoisotopic (exact) mass is 412 g/mol. The fourth-order valence-electron chi connectivity index (χ4n) is 2.14. The lowest BCUT2D eigenvalue weighted by molar-refractivity contribution is -0.137. The normalized spacial score (nSPS) is 12.0. The fourth-order valence-corrected chi connectivity index (χ4v) is 2.14. The predicted molar refractivity (Wildman–Crippen MR) is 97.6 cm³/mol. The van der Waals surface area contributed by atoms with E-state index in [1.54, 1.807) is 0 Å². The van der Waals surface area contributed by atoms with Gasteiger partial charge in [-0.3, -0.25) is 10.1 Å². The van der Waals surface area contributed by atoms with E-state index in [-0.39, 0.29) is 30.4 Å². The van der Waals surface area contributed by atoms with Crippen molar-refractivity contribution in [1.82, 2.24) is 15.6 Å². The highest BCUT2D eigenvalue weighted by Crippen LogP contribution is 2.31. The molecule has 0 fully saturated rings. The van der Waals surface area contributed by atoms with Crippen molar-refractivity contribution in [2.75, 3.05) is 25.5 Å². The smallest absolute Gasteiger partial charge is 0.416 e. The quantitative estimate of drug-likeness (QED) is 0.556. The topological polar surface area (TPSA) is 113 Å². The van der Waals surface area contributed by atoms with Crippen molar-refractivity contribution in [2.45, 2.75) is 12.3 Å². The molecule has 1 aromatic carbocycles. The molecular weight excluding hydrogens is 393 g/mol. The minimum absolute atomic E-state index is 0.0569. The number of nitrogens with one attached hydrogen (secondary N) is 3. The number of carbonyl (C=O) groups excluding carboxylic acids is 2. The number of ether oxygens (including phenoxy) is 1. The SMILES string of the molecule is CNC(=O)c1cccc(NC(=O)NC[C@@H](O)COc2cccc(C(F)(F)F)c2)n1. The molecule has 156 valence electrons. The Kier molecular flexibility index (Phi) is 7.37. The molecule has 29 heavy (non-hydrogen) atoms. The van der Waals surface area contributed by atoms with Crippen LogP contribution in [0.2, 0.25) is 0 Å². The Bertz CT molecular complexity index is 861. The molecule has 0 saturated carbocycles. The van der Waals surface area contributed by atoms with Crippen LogP contribution in [0.3, 0.4) is 0 Å². The number of aliphatic hydroxyl groups excluding tert-OH is 1. The number of hydrogen-bond acceptors (Lipinski definition) is 5. The summed E-state index contributed by atoms with van der Waals surface area (Å²) < 4.78 is 43.1. The first-order valence-electron chi connectivity index (χ1n) is 8.41. The van der Waals surface area contributed by atoms with Gasteiger partial charge in [-0.1, -0.05) is 12.1 Å². The van der Waals surface area contributed by atoms with Crippen molar-refractivity contribution < 1.29 is 32.6 Å². The van der Waals surface area contributed by atoms with Gasteiger partial charge in [0, 0.05) is 13.6 Å². The van der Waals surface area contributed by atoms with Crippen molar-refractivity contribution in [3.63, 3.8) is 0 Å². The number of hydrogen-bond donors (Lipinski definition) is 4. The predicted octanol–water partition coefficient (Wildman–Crippen LogP) is 2.02. The van der Waals surface area contributed by atoms with Crippen LogP contribution in [0.5, 0.6) is 5.75 Å². The summed E-state index contributed by atoms with van der Waals surface area (Å²) in [6.07, 6.45) is -5.67. The summed E-state index contributed by atoms with van der Waals surface area (Å²) in [6, 6.07) is 8.02. The van der Waals surface area contributed by atoms with Gasteiger partial charge in [0.1, 0.15) is 30.0 Å². The van der Waals surface area contributed by atoms with Crippen LogP contribution in [-0.2, 0) is 6.18 Å². The molecule has 1 heterocycles. The molecule has 2 rings (SSSR count). The van der Waals surface area contributed by atoms with Crippen LogP contribution >= 0.6 is 0 Å². The second-order valence-corrected chi connectivity index (χ2v) is 5.81. The molecular formula is C18H19F3N4O4. The molecule has 0 aliphatic heterocycles. The summed E-state index contributed by atoms with van der Waals surface area (Å²) in [5.74, 6) is -0.354. The van der Waals surface area contributed by atoms with E-state index in [1.807, 2.05) is 0 Å². The van der Waals surface area contributed by atoms with E-state index in [0.29, 0.717) is 0 Å². The summed E-state index contributed by atoms with van der Waals surface area (Å²) in [5, 5.41) is 17.0. The zero-order valence-electron chi connectivity index (χ0n) is 15.3. The Labute approximate surface area is 164 Å². The summed E-state index contributed by atoms with van der Waals surface area (Å²) in [5.41, 5.74) is -0.756. The zero-order valence-corrected chi connectivity index (χ0v) is 15.3. The third-order valence-electron chi connectivity index (χ3n) is 3.55. The lowest BCUT2D eigenvalue weighted by Crippen LogP contribution is -2.38. The highest BCUT2D eigenvalue weighted by atomic mass is 19.4. The molecule has 0 aliphatic carbocycles. The average molecular weight is 412 g/mol. The van der Waals surface area contributed by atoms with E-state index in [9.17, 15) is 27.9 Å². The number of aromatic nitrogens is 1. The molecule has 0 radical (unpaired) electrons. The highest BCUT2D eigenvalue weighted by molar-refractivity contribution is 5.93. The largest absolute Gasteiger partial charge is 0.491 e. The molecule has 11 heteroatoms. The van der Waals surface area contributed by atoms with Crippen molar-refractivity contribution in [2.24, 2.45) is 0 Å². The number of urea groups is 1. The molecule has 4 N–H and O–H groups in total. The highest BCUT2D eigenvalue weighted by Gasteiger charge is 2.30. The van der Waals surface area contributed by atoms with Crippen LogP contribution in [0.25, 0.3) is 0 Å². The molecule has 1 atom stereocenters. The van der Waals surface area contributed by atoms with Crippen LogP contribution in [0.15, 0.2) is 42.5 Å². The van der Waals surface area contributed by atoms with Crippen LogP contribution in [0.1, 0.15) is 16.1 Å². The first-order chi connectivity index (χ1) is 13.7. The lowest BCUT2D eigenvalue weighted by atomic mass is 10.2. The van der Waals surface area contributed by atoms with Gasteiger partial charge in [-0.25, -0.2) is 9.78 Å². The molecule has 1 aromatic heterocycles. The molecule has 0 saturated heterocycles. The second-order valence-electron chi connectivity index (χ2n) is 5.81. The van der Waals surface area contributed by atoms with Crippen LogP contribution in [-0.4, -0.2) is 48.3 Å². The lowest BCUT2D eigenvalue weighted by Gasteiger charge is -2.15. The molecule has 0 bridgehead atoms. The van der Waals surface area contributed by atoms with Crippen molar-refractivity contribution in [3.8, 4) is 5.75 Å². The standard InChI is InChI=1S/C18H19F3N4O4/c1-22-16(27)14-6-3-7-15(24-14)25-17(28)23-9-12(26)10-29-13-5-2-4-11(8-13)18(19,20)21/h2-8,12,26H,9-10H2,1H3,(H,22,27)(H2,23,24,25,28)/t12-/m1/s1. The number of rotatable bonds is 7. The van der Waals surface area contributed by atoms with Crippen molar-refractivity contribution in [1.29, 1.82) is 0 Å². The fraction of sp³-hybridized carbons (Fsp3) is 0.278. The molecule has 0 spiro atoms. The van der Waals surface area contributed by atoms with Gasteiger partial charge >= 0.3 is 12.2 Å². The van der Waals surface area contributed by atoms with E-state index >= 15 is 0 Å². The van der Waals surface area contributed by atoms with Gasteiger partial charge in [0.15, 0.2) is 0 Å². The first-order valence-corrected chi connectivity index (χ1v) is 8.41. The van der Waals surface area contributed by atoms with Gasteiger partial charge in [-0.15, -0.1) is 0 Å². The maximum Gasteiger partial charge on any atom is 0.416 e. The van der Waals surface area contributed by atoms with Gasteiger partial charge in [-0.05, 0) is 30.3 Å². The number of carbonyl (C=O) groups is 2. The summed E-state index contributed by atoms with van der Waals surface area (Å²) in [4.78, 5) is 27.3. The number of nitrogens with zero attached hydrogens (tertiary/aromatic N) is 1. The number of amides is 3. The van der Waals surface area contributed by atoms with Gasteiger partial charge in [0.25, 0.3) is 5.91 Å². The van der Waals surface area contributed by atoms with Crippen LogP contribution < -0.4 is 20.7 Å². The van der Waals surface area contributed by atoms with Crippen molar-refractivity contribution >= 4 is 17.8 Å². The van der Waals surface area contributed by atoms with Crippen LogP contribution in [0, 0.1) is 0 Å². The summed E-state index contributed by atoms with van der Waals surface area (Å²) >= 11 is 0. The maximum absolute atomic E-state index is 12.7. The van der Waals surface area contributed by atoms with Gasteiger partial charge in [0.05, 0.1) is 5.56 Å². The van der Waals surface area contributed by atoms with E-state index in [4.69, 9.17) is 4.74 Å². The Balaban J connectivity index is 1.80. The second kappa shape index (κ2) is 9.73. The molecule has 3 amide bonds. The zero-order chi connectivity index (χ0) is 21.4. The summed E-state index contributed by atoms with van der Waals surface area (Å²) in [6.45, 7) is -0.550. The van der Waals surface area contributed by atoms with E-state index in [2.05, 4.69) is 20.9 Å². The first kappa shape index (κ1) is 22.0. The molecule has 0 unspecified atom stereocenters. The van der Waals surface area contributed by atoms with Gasteiger partial charge < -0.3 is 20.5 Å². The Morgan fingerprint density at radius 1 is 1.21 bits per heavy atom. The Morgan fingerprint density at radius 2 is 1.93 bits per heavy atom. The Hall–Kier alpha value is -3.34. The van der Waals surface area contributed by atoms with Gasteiger partial charge in [-0.2, -0.15) is 13.2 Å². The third-order valence-corrected chi connectivity index (χ3v) is 3.55. The number of pyridine rings is 1. The van der Waals surface area contributed by atoms with Crippen molar-refractivity contribution in [3.05, 3.63) is 53.7 Å². The van der Waals surface area contributed by atoms with E-state index < -0.39 is 29.8 Å². The minimum Gasteiger partial charge on any atom is -0.491 e. The van der Waals surface area contributed by atoms with E-state index in [0.717, 1.165) is 12.1 Å². The minimum atomic E-state index is -4.50. The number of halogens is 3. The number of benzene rings is 1. The molecule has 2 aromatic rings. The average Bonchev–Trinajstić information content (AvgIpc) is 2.70. The van der Waals surface area contributed by atoms with Crippen LogP contribution in [0.4, 0.5) is 23.8 Å². The van der Waals surface area contributed by atoms with E-state index in [1.165, 1.54) is 37.4 Å². The third kappa shape index (κ3) is 6.96. The number of aliphatic hydroxyl groups is 1. The summed E-state index contributed by atoms with van der Waals surface area (Å²) in [7, 11) is 1.44. The maximum atomic E-state index is 12.7. The molecule has 8 nitrogen and oxygen atoms in total. The molecule has 0 aliphatic rings. The number of alkyl halides is 3. The Morgan fingerprint density at radius 3 is 2.62 bits per heavy atom.